The fourth-order valence-electron chi connectivity index (χ4n) is 2.41. The number of aryl methyl sites for hydroxylation is 1. The quantitative estimate of drug-likeness (QED) is 0.710. The number of amides is 1. The SMILES string of the molecule is COC(=O)c1sccc1NC(=O)CCc1cc(OC)c(OC)c(OC)c1. The van der Waals surface area contributed by atoms with E-state index in [4.69, 9.17) is 18.9 Å². The molecule has 0 radical (unpaired) electrons. The maximum Gasteiger partial charge on any atom is 0.350 e. The second-order valence-electron chi connectivity index (χ2n) is 5.24. The Hall–Kier alpha value is -2.74. The molecule has 0 aliphatic carbocycles. The highest BCUT2D eigenvalue weighted by molar-refractivity contribution is 7.12. The molecule has 0 bridgehead atoms. The highest BCUT2D eigenvalue weighted by Gasteiger charge is 2.17. The molecule has 0 fully saturated rings. The van der Waals surface area contributed by atoms with Crippen molar-refractivity contribution in [1.82, 2.24) is 0 Å². The van der Waals surface area contributed by atoms with E-state index < -0.39 is 5.97 Å². The number of hydrogen-bond acceptors (Lipinski definition) is 7. The molecule has 1 heterocycles. The zero-order valence-corrected chi connectivity index (χ0v) is 15.9. The summed E-state index contributed by atoms with van der Waals surface area (Å²) in [5, 5.41) is 4.46. The Morgan fingerprint density at radius 1 is 1.04 bits per heavy atom. The van der Waals surface area contributed by atoms with E-state index in [1.807, 2.05) is 0 Å². The minimum absolute atomic E-state index is 0.206. The number of benzene rings is 1. The lowest BCUT2D eigenvalue weighted by molar-refractivity contribution is -0.116. The largest absolute Gasteiger partial charge is 0.493 e. The van der Waals surface area contributed by atoms with Crippen molar-refractivity contribution in [2.45, 2.75) is 12.8 Å². The lowest BCUT2D eigenvalue weighted by Crippen LogP contribution is -2.14. The van der Waals surface area contributed by atoms with Gasteiger partial charge in [-0.05, 0) is 35.6 Å². The summed E-state index contributed by atoms with van der Waals surface area (Å²) in [5.41, 5.74) is 1.32. The molecule has 8 heteroatoms. The van der Waals surface area contributed by atoms with Gasteiger partial charge in [-0.1, -0.05) is 0 Å². The van der Waals surface area contributed by atoms with Crippen LogP contribution in [0.4, 0.5) is 5.69 Å². The molecule has 0 spiro atoms. The van der Waals surface area contributed by atoms with Crippen molar-refractivity contribution in [3.63, 3.8) is 0 Å². The van der Waals surface area contributed by atoms with Gasteiger partial charge >= 0.3 is 5.97 Å². The molecule has 0 atom stereocenters. The molecule has 140 valence electrons. The van der Waals surface area contributed by atoms with Crippen molar-refractivity contribution in [2.24, 2.45) is 0 Å². The van der Waals surface area contributed by atoms with Crippen LogP contribution in [0.1, 0.15) is 21.7 Å². The van der Waals surface area contributed by atoms with Crippen LogP contribution in [0.2, 0.25) is 0 Å². The number of rotatable bonds is 8. The Kier molecular flexibility index (Phi) is 6.85. The van der Waals surface area contributed by atoms with Crippen LogP contribution in [0.3, 0.4) is 0 Å². The van der Waals surface area contributed by atoms with Crippen molar-refractivity contribution in [3.05, 3.63) is 34.0 Å². The van der Waals surface area contributed by atoms with Crippen LogP contribution >= 0.6 is 11.3 Å². The molecule has 0 saturated heterocycles. The van der Waals surface area contributed by atoms with Crippen LogP contribution in [-0.2, 0) is 16.0 Å². The Bertz CT molecular complexity index is 761. The predicted octanol–water partition coefficient (Wildman–Crippen LogP) is 3.13. The highest BCUT2D eigenvalue weighted by atomic mass is 32.1. The van der Waals surface area contributed by atoms with Gasteiger partial charge in [-0.15, -0.1) is 11.3 Å². The molecule has 26 heavy (non-hydrogen) atoms. The van der Waals surface area contributed by atoms with Gasteiger partial charge in [0, 0.05) is 6.42 Å². The predicted molar refractivity (Wildman–Crippen MR) is 98.7 cm³/mol. The number of hydrogen-bond donors (Lipinski definition) is 1. The van der Waals surface area contributed by atoms with E-state index in [-0.39, 0.29) is 12.3 Å². The molecule has 0 saturated carbocycles. The van der Waals surface area contributed by atoms with Gasteiger partial charge in [0.05, 0.1) is 34.1 Å². The van der Waals surface area contributed by atoms with Crippen molar-refractivity contribution < 1.29 is 28.5 Å². The third-order valence-electron chi connectivity index (χ3n) is 3.68. The van der Waals surface area contributed by atoms with Crippen LogP contribution in [0.25, 0.3) is 0 Å². The van der Waals surface area contributed by atoms with Crippen LogP contribution in [0.5, 0.6) is 17.2 Å². The van der Waals surface area contributed by atoms with E-state index in [1.165, 1.54) is 25.6 Å². The van der Waals surface area contributed by atoms with Gasteiger partial charge in [0.2, 0.25) is 11.7 Å². The van der Waals surface area contributed by atoms with E-state index in [0.29, 0.717) is 34.2 Å². The maximum absolute atomic E-state index is 12.2. The molecule has 1 aromatic carbocycles. The van der Waals surface area contributed by atoms with Gasteiger partial charge in [0.25, 0.3) is 0 Å². The number of thiophene rings is 1. The Morgan fingerprint density at radius 2 is 1.69 bits per heavy atom. The number of carbonyl (C=O) groups is 2. The Morgan fingerprint density at radius 3 is 2.23 bits per heavy atom. The topological polar surface area (TPSA) is 83.1 Å². The number of nitrogens with one attached hydrogen (secondary N) is 1. The lowest BCUT2D eigenvalue weighted by atomic mass is 10.1. The summed E-state index contributed by atoms with van der Waals surface area (Å²) in [5.74, 6) is 0.896. The fraction of sp³-hybridized carbons (Fsp3) is 0.333. The van der Waals surface area contributed by atoms with Gasteiger partial charge in [-0.25, -0.2) is 4.79 Å². The zero-order chi connectivity index (χ0) is 19.1. The third kappa shape index (κ3) is 4.45. The summed E-state index contributed by atoms with van der Waals surface area (Å²) < 4.78 is 20.6. The van der Waals surface area contributed by atoms with Gasteiger partial charge in [0.15, 0.2) is 11.5 Å². The van der Waals surface area contributed by atoms with Gasteiger partial charge in [-0.3, -0.25) is 4.79 Å². The number of ether oxygens (including phenoxy) is 4. The minimum Gasteiger partial charge on any atom is -0.493 e. The monoisotopic (exact) mass is 379 g/mol. The first-order valence-corrected chi connectivity index (χ1v) is 8.66. The maximum atomic E-state index is 12.2. The lowest BCUT2D eigenvalue weighted by Gasteiger charge is -2.14. The van der Waals surface area contributed by atoms with Crippen LogP contribution in [0, 0.1) is 0 Å². The Labute approximate surface area is 155 Å². The van der Waals surface area contributed by atoms with Crippen molar-refractivity contribution in [3.8, 4) is 17.2 Å². The average Bonchev–Trinajstić information content (AvgIpc) is 3.12. The standard InChI is InChI=1S/C18H21NO6S/c1-22-13-9-11(10-14(23-2)16(13)24-3)5-6-15(20)19-12-7-8-26-17(12)18(21)25-4/h7-10H,5-6H2,1-4H3,(H,19,20). The summed E-state index contributed by atoms with van der Waals surface area (Å²) in [7, 11) is 5.92. The molecule has 7 nitrogen and oxygen atoms in total. The molecule has 0 aliphatic rings. The molecule has 1 amide bonds. The molecule has 0 unspecified atom stereocenters. The van der Waals surface area contributed by atoms with E-state index >= 15 is 0 Å². The van der Waals surface area contributed by atoms with Crippen molar-refractivity contribution in [2.75, 3.05) is 33.8 Å². The van der Waals surface area contributed by atoms with Crippen LogP contribution in [-0.4, -0.2) is 40.3 Å². The van der Waals surface area contributed by atoms with Gasteiger partial charge < -0.3 is 24.3 Å². The van der Waals surface area contributed by atoms with E-state index in [9.17, 15) is 9.59 Å². The third-order valence-corrected chi connectivity index (χ3v) is 4.57. The summed E-state index contributed by atoms with van der Waals surface area (Å²) in [6, 6.07) is 5.28. The van der Waals surface area contributed by atoms with E-state index in [1.54, 1.807) is 37.8 Å². The fourth-order valence-corrected chi connectivity index (χ4v) is 3.17. The highest BCUT2D eigenvalue weighted by Crippen LogP contribution is 2.38. The first-order chi connectivity index (χ1) is 12.5. The molecule has 1 aromatic heterocycles. The Balaban J connectivity index is 2.06. The van der Waals surface area contributed by atoms with Gasteiger partial charge in [0.1, 0.15) is 4.88 Å². The summed E-state index contributed by atoms with van der Waals surface area (Å²) in [6.45, 7) is 0. The first-order valence-electron chi connectivity index (χ1n) is 7.78. The van der Waals surface area contributed by atoms with Crippen LogP contribution < -0.4 is 19.5 Å². The number of anilines is 1. The molecular weight excluding hydrogens is 358 g/mol. The second kappa shape index (κ2) is 9.10. The first kappa shape index (κ1) is 19.6. The van der Waals surface area contributed by atoms with E-state index in [2.05, 4.69) is 5.32 Å². The molecule has 0 aliphatic heterocycles. The average molecular weight is 379 g/mol. The summed E-state index contributed by atoms with van der Waals surface area (Å²) >= 11 is 1.22. The van der Waals surface area contributed by atoms with E-state index in [0.717, 1.165) is 5.56 Å². The smallest absolute Gasteiger partial charge is 0.350 e. The summed E-state index contributed by atoms with van der Waals surface area (Å²) in [4.78, 5) is 24.3. The number of methoxy groups -OCH3 is 4. The molecular formula is C18H21NO6S. The zero-order valence-electron chi connectivity index (χ0n) is 15.1. The normalized spacial score (nSPS) is 10.2. The van der Waals surface area contributed by atoms with Gasteiger partial charge in [-0.2, -0.15) is 0 Å². The van der Waals surface area contributed by atoms with Crippen molar-refractivity contribution >= 4 is 28.9 Å². The van der Waals surface area contributed by atoms with Crippen LogP contribution in [0.15, 0.2) is 23.6 Å². The molecule has 2 aromatic rings. The molecule has 2 rings (SSSR count). The van der Waals surface area contributed by atoms with Crippen molar-refractivity contribution in [1.29, 1.82) is 0 Å². The summed E-state index contributed by atoms with van der Waals surface area (Å²) in [6.07, 6.45) is 0.704. The second-order valence-corrected chi connectivity index (χ2v) is 6.15. The molecule has 1 N–H and O–H groups in total. The minimum atomic E-state index is -0.472. The number of carbonyl (C=O) groups excluding carboxylic acids is 2. The number of esters is 1.